The second-order valence-electron chi connectivity index (χ2n) is 6.81. The molecule has 0 aliphatic carbocycles. The summed E-state index contributed by atoms with van der Waals surface area (Å²) in [6.07, 6.45) is 0. The van der Waals surface area contributed by atoms with Gasteiger partial charge in [0.15, 0.2) is 0 Å². The van der Waals surface area contributed by atoms with E-state index in [2.05, 4.69) is 15.3 Å². The van der Waals surface area contributed by atoms with Crippen molar-refractivity contribution >= 4 is 58.6 Å². The minimum atomic E-state index is -0.521. The molecule has 7 N–H and O–H groups in total. The zero-order valence-electron chi connectivity index (χ0n) is 17.1. The first kappa shape index (κ1) is 23.3. The van der Waals surface area contributed by atoms with Crippen molar-refractivity contribution in [1.29, 1.82) is 10.8 Å². The number of para-hydroxylation sites is 2. The highest BCUT2D eigenvalue weighted by atomic mass is 35.5. The minimum Gasteiger partial charge on any atom is -0.386 e. The lowest BCUT2D eigenvalue weighted by atomic mass is 10.2. The van der Waals surface area contributed by atoms with Gasteiger partial charge in [-0.15, -0.1) is 0 Å². The Morgan fingerprint density at radius 2 is 1.50 bits per heavy atom. The molecule has 2 aromatic rings. The topological polar surface area (TPSA) is 146 Å². The predicted molar refractivity (Wildman–Crippen MR) is 132 cm³/mol. The molecule has 12 heteroatoms. The summed E-state index contributed by atoms with van der Waals surface area (Å²) in [5.74, 6) is -0.351. The van der Waals surface area contributed by atoms with Crippen LogP contribution in [0.1, 0.15) is 0 Å². The van der Waals surface area contributed by atoms with E-state index in [-0.39, 0.29) is 23.7 Å². The third kappa shape index (κ3) is 5.67. The molecule has 1 aliphatic rings. The van der Waals surface area contributed by atoms with Crippen LogP contribution in [0.5, 0.6) is 0 Å². The number of halogens is 2. The maximum absolute atomic E-state index is 8.39. The number of nitrogens with one attached hydrogen (secondary N) is 3. The van der Waals surface area contributed by atoms with Crippen LogP contribution >= 0.6 is 23.6 Å². The summed E-state index contributed by atoms with van der Waals surface area (Å²) >= 11 is 12.7. The van der Waals surface area contributed by atoms with E-state index >= 15 is 0 Å². The van der Waals surface area contributed by atoms with E-state index < -0.39 is 6.04 Å². The molecule has 1 aliphatic heterocycles. The number of nitrogens with zero attached hydrogens (tertiary/aromatic N) is 5. The standard InChI is InChI=1S/C20H24Cl2N10/c21-31(14-7-3-1-4-8-14)18(25)28-20(30-12-11-27-13-16(30)17(23)24)29-19(26)32(22)15-9-5-2-6-10-15/h1-10,16,27H,11-13H2,(H3,23,24)(H3,25,26,28,29). The lowest BCUT2D eigenvalue weighted by molar-refractivity contribution is 0.308. The summed E-state index contributed by atoms with van der Waals surface area (Å²) in [4.78, 5) is 10.4. The van der Waals surface area contributed by atoms with Crippen LogP contribution in [-0.2, 0) is 0 Å². The van der Waals surface area contributed by atoms with Gasteiger partial charge in [-0.25, -0.2) is 8.84 Å². The van der Waals surface area contributed by atoms with Crippen LogP contribution in [0.3, 0.4) is 0 Å². The zero-order valence-corrected chi connectivity index (χ0v) is 18.6. The predicted octanol–water partition coefficient (Wildman–Crippen LogP) is 2.12. The van der Waals surface area contributed by atoms with E-state index in [4.69, 9.17) is 45.8 Å². The summed E-state index contributed by atoms with van der Waals surface area (Å²) in [5.41, 5.74) is 13.1. The van der Waals surface area contributed by atoms with Crippen molar-refractivity contribution in [1.82, 2.24) is 10.2 Å². The smallest absolute Gasteiger partial charge is 0.240 e. The monoisotopic (exact) mass is 474 g/mol. The minimum absolute atomic E-state index is 0.0638. The van der Waals surface area contributed by atoms with E-state index in [9.17, 15) is 0 Å². The van der Waals surface area contributed by atoms with Crippen LogP contribution in [0.4, 0.5) is 11.4 Å². The Bertz CT molecular complexity index is 996. The van der Waals surface area contributed by atoms with Gasteiger partial charge in [0.2, 0.25) is 17.9 Å². The van der Waals surface area contributed by atoms with Gasteiger partial charge < -0.3 is 21.7 Å². The fourth-order valence-electron chi connectivity index (χ4n) is 3.03. The van der Waals surface area contributed by atoms with Crippen molar-refractivity contribution in [3.05, 3.63) is 60.7 Å². The third-order valence-electron chi connectivity index (χ3n) is 4.63. The van der Waals surface area contributed by atoms with E-state index in [1.54, 1.807) is 41.3 Å². The van der Waals surface area contributed by atoms with Crippen molar-refractivity contribution in [2.75, 3.05) is 28.5 Å². The second-order valence-corrected chi connectivity index (χ2v) is 7.48. The molecular weight excluding hydrogens is 451 g/mol. The molecule has 0 saturated carbocycles. The number of amidine groups is 1. The normalized spacial score (nSPS) is 17.1. The summed E-state index contributed by atoms with van der Waals surface area (Å²) in [5, 5.41) is 19.5. The average molecular weight is 475 g/mol. The number of guanidine groups is 3. The number of anilines is 2. The van der Waals surface area contributed by atoms with Crippen LogP contribution in [-0.4, -0.2) is 54.3 Å². The molecule has 0 spiro atoms. The molecule has 0 bridgehead atoms. The molecule has 3 rings (SSSR count). The molecule has 1 heterocycles. The lowest BCUT2D eigenvalue weighted by Crippen LogP contribution is -2.58. The number of nitrogens with two attached hydrogens (primary N) is 2. The summed E-state index contributed by atoms with van der Waals surface area (Å²) in [6.45, 7) is 1.47. The summed E-state index contributed by atoms with van der Waals surface area (Å²) in [6, 6.07) is 17.4. The van der Waals surface area contributed by atoms with Crippen molar-refractivity contribution in [2.45, 2.75) is 6.04 Å². The van der Waals surface area contributed by atoms with Gasteiger partial charge in [-0.3, -0.25) is 10.8 Å². The second kappa shape index (κ2) is 10.8. The molecule has 1 atom stereocenters. The molecule has 1 fully saturated rings. The Morgan fingerprint density at radius 3 is 2.06 bits per heavy atom. The first-order chi connectivity index (χ1) is 15.4. The first-order valence-corrected chi connectivity index (χ1v) is 10.4. The van der Waals surface area contributed by atoms with Crippen LogP contribution in [0.15, 0.2) is 70.6 Å². The number of benzene rings is 2. The third-order valence-corrected chi connectivity index (χ3v) is 5.36. The van der Waals surface area contributed by atoms with Gasteiger partial charge in [0.25, 0.3) is 0 Å². The van der Waals surface area contributed by atoms with Gasteiger partial charge in [0, 0.05) is 43.2 Å². The molecule has 1 saturated heterocycles. The molecule has 32 heavy (non-hydrogen) atoms. The molecule has 0 amide bonds. The highest BCUT2D eigenvalue weighted by Gasteiger charge is 2.29. The van der Waals surface area contributed by atoms with Gasteiger partial charge in [0.05, 0.1) is 11.4 Å². The van der Waals surface area contributed by atoms with E-state index in [0.29, 0.717) is 31.0 Å². The molecular formula is C20H24Cl2N10. The highest BCUT2D eigenvalue weighted by molar-refractivity contribution is 6.38. The maximum Gasteiger partial charge on any atom is 0.240 e. The van der Waals surface area contributed by atoms with Gasteiger partial charge in [-0.1, -0.05) is 36.4 Å². The number of hydrogen-bond donors (Lipinski definition) is 5. The SMILES string of the molecule is N=C(N)C1CNCCN1C(N=C(N)N(Cl)c1ccccc1)=NC(=N)N(Cl)c1ccccc1. The summed E-state index contributed by atoms with van der Waals surface area (Å²) < 4.78 is 2.27. The molecule has 2 aromatic carbocycles. The molecule has 0 radical (unpaired) electrons. The number of aliphatic imine (C=N–C) groups is 2. The molecule has 10 nitrogen and oxygen atoms in total. The van der Waals surface area contributed by atoms with E-state index in [1.807, 2.05) is 24.3 Å². The Morgan fingerprint density at radius 1 is 0.938 bits per heavy atom. The fourth-order valence-corrected chi connectivity index (χ4v) is 3.33. The first-order valence-electron chi connectivity index (χ1n) is 9.73. The van der Waals surface area contributed by atoms with Gasteiger partial charge in [-0.05, 0) is 24.3 Å². The number of rotatable bonds is 3. The molecule has 0 aromatic heterocycles. The van der Waals surface area contributed by atoms with Crippen molar-refractivity contribution in [3.8, 4) is 0 Å². The Kier molecular flexibility index (Phi) is 7.87. The van der Waals surface area contributed by atoms with Crippen LogP contribution < -0.4 is 25.6 Å². The Hall–Kier alpha value is -3.34. The van der Waals surface area contributed by atoms with E-state index in [1.165, 1.54) is 4.42 Å². The fraction of sp³-hybridized carbons (Fsp3) is 0.200. The summed E-state index contributed by atoms with van der Waals surface area (Å²) in [7, 11) is 0. The average Bonchev–Trinajstić information content (AvgIpc) is 2.83. The Balaban J connectivity index is 1.98. The van der Waals surface area contributed by atoms with Gasteiger partial charge >= 0.3 is 0 Å². The van der Waals surface area contributed by atoms with Crippen LogP contribution in [0, 0.1) is 10.8 Å². The van der Waals surface area contributed by atoms with Crippen molar-refractivity contribution in [3.63, 3.8) is 0 Å². The molecule has 1 unspecified atom stereocenters. The largest absolute Gasteiger partial charge is 0.386 e. The zero-order chi connectivity index (χ0) is 23.1. The highest BCUT2D eigenvalue weighted by Crippen LogP contribution is 2.18. The maximum atomic E-state index is 8.39. The van der Waals surface area contributed by atoms with Crippen LogP contribution in [0.25, 0.3) is 0 Å². The van der Waals surface area contributed by atoms with Crippen molar-refractivity contribution < 1.29 is 0 Å². The lowest BCUT2D eigenvalue weighted by Gasteiger charge is -2.36. The number of hydrogen-bond acceptors (Lipinski definition) is 3. The van der Waals surface area contributed by atoms with Crippen molar-refractivity contribution in [2.24, 2.45) is 21.5 Å². The van der Waals surface area contributed by atoms with Gasteiger partial charge in [0.1, 0.15) is 11.9 Å². The van der Waals surface area contributed by atoms with Gasteiger partial charge in [-0.2, -0.15) is 9.98 Å². The van der Waals surface area contributed by atoms with E-state index in [0.717, 1.165) is 4.42 Å². The Labute approximate surface area is 196 Å². The number of piperazine rings is 1. The quantitative estimate of drug-likeness (QED) is 0.261. The molecule has 168 valence electrons. The van der Waals surface area contributed by atoms with Crippen LogP contribution in [0.2, 0.25) is 0 Å².